The van der Waals surface area contributed by atoms with Crippen LogP contribution in [0.25, 0.3) is 0 Å². The second-order valence-electron chi connectivity index (χ2n) is 5.85. The zero-order chi connectivity index (χ0) is 16.1. The second kappa shape index (κ2) is 7.73. The van der Waals surface area contributed by atoms with E-state index < -0.39 is 6.10 Å². The van der Waals surface area contributed by atoms with E-state index in [1.165, 1.54) is 11.3 Å². The summed E-state index contributed by atoms with van der Waals surface area (Å²) in [6, 6.07) is 13.6. The van der Waals surface area contributed by atoms with E-state index in [-0.39, 0.29) is 5.91 Å². The molecule has 1 saturated heterocycles. The summed E-state index contributed by atoms with van der Waals surface area (Å²) in [5.41, 5.74) is 0.947. The van der Waals surface area contributed by atoms with Crippen molar-refractivity contribution < 1.29 is 9.90 Å². The van der Waals surface area contributed by atoms with Gasteiger partial charge in [-0.05, 0) is 23.4 Å². The molecule has 23 heavy (non-hydrogen) atoms. The van der Waals surface area contributed by atoms with Crippen molar-refractivity contribution in [1.82, 2.24) is 9.80 Å². The molecule has 2 aromatic rings. The summed E-state index contributed by atoms with van der Waals surface area (Å²) < 4.78 is 0. The number of aliphatic hydroxyl groups is 1. The molecular formula is C18H22N2O2S. The lowest BCUT2D eigenvalue weighted by molar-refractivity contribution is 0.0759. The fraction of sp³-hybridized carbons (Fsp3) is 0.389. The fourth-order valence-electron chi connectivity index (χ4n) is 2.94. The van der Waals surface area contributed by atoms with Crippen LogP contribution in [0.5, 0.6) is 0 Å². The largest absolute Gasteiger partial charge is 0.387 e. The maximum Gasteiger partial charge on any atom is 0.263 e. The minimum atomic E-state index is -0.476. The third kappa shape index (κ3) is 4.19. The first-order chi connectivity index (χ1) is 11.2. The number of carbonyl (C=O) groups excluding carboxylic acids is 1. The van der Waals surface area contributed by atoms with Gasteiger partial charge in [-0.25, -0.2) is 0 Å². The van der Waals surface area contributed by atoms with Crippen LogP contribution in [0, 0.1) is 0 Å². The number of aliphatic hydroxyl groups excluding tert-OH is 1. The van der Waals surface area contributed by atoms with Crippen molar-refractivity contribution in [3.8, 4) is 0 Å². The summed E-state index contributed by atoms with van der Waals surface area (Å²) in [6.07, 6.45) is 0.467. The molecule has 5 heteroatoms. The number of hydrogen-bond donors (Lipinski definition) is 1. The Balaban J connectivity index is 1.55. The molecule has 1 aliphatic heterocycles. The molecule has 1 unspecified atom stereocenters. The fourth-order valence-corrected chi connectivity index (χ4v) is 3.63. The van der Waals surface area contributed by atoms with Gasteiger partial charge in [-0.1, -0.05) is 36.4 Å². The van der Waals surface area contributed by atoms with E-state index in [9.17, 15) is 9.90 Å². The van der Waals surface area contributed by atoms with Crippen LogP contribution in [-0.2, 0) is 0 Å². The molecule has 1 amide bonds. The minimum Gasteiger partial charge on any atom is -0.387 e. The standard InChI is InChI=1S/C18H22N2O2S/c21-16(15-6-2-1-3-7-15)14-19-9-5-10-20(12-11-19)18(22)17-8-4-13-23-17/h1-4,6-8,13,16,21H,5,9-12,14H2. The highest BCUT2D eigenvalue weighted by atomic mass is 32.1. The highest BCUT2D eigenvalue weighted by Crippen LogP contribution is 2.17. The number of nitrogens with zero attached hydrogens (tertiary/aromatic N) is 2. The first-order valence-electron chi connectivity index (χ1n) is 8.02. The average Bonchev–Trinajstić information content (AvgIpc) is 3.02. The summed E-state index contributed by atoms with van der Waals surface area (Å²) in [6.45, 7) is 3.84. The molecule has 1 fully saturated rings. The van der Waals surface area contributed by atoms with Gasteiger partial charge < -0.3 is 10.0 Å². The molecule has 3 rings (SSSR count). The van der Waals surface area contributed by atoms with E-state index in [1.54, 1.807) is 0 Å². The molecule has 0 radical (unpaired) electrons. The molecule has 4 nitrogen and oxygen atoms in total. The van der Waals surface area contributed by atoms with Gasteiger partial charge in [0.1, 0.15) is 0 Å². The highest BCUT2D eigenvalue weighted by molar-refractivity contribution is 7.12. The third-order valence-electron chi connectivity index (χ3n) is 4.22. The number of carbonyl (C=O) groups is 1. The number of hydrogen-bond acceptors (Lipinski definition) is 4. The van der Waals surface area contributed by atoms with Crippen molar-refractivity contribution in [2.45, 2.75) is 12.5 Å². The lowest BCUT2D eigenvalue weighted by Gasteiger charge is -2.24. The van der Waals surface area contributed by atoms with Crippen LogP contribution >= 0.6 is 11.3 Å². The first-order valence-corrected chi connectivity index (χ1v) is 8.90. The molecule has 1 aromatic heterocycles. The van der Waals surface area contributed by atoms with Crippen LogP contribution in [0.2, 0.25) is 0 Å². The molecule has 2 heterocycles. The molecule has 1 aliphatic rings. The van der Waals surface area contributed by atoms with Gasteiger partial charge in [0.2, 0.25) is 0 Å². The highest BCUT2D eigenvalue weighted by Gasteiger charge is 2.22. The second-order valence-corrected chi connectivity index (χ2v) is 6.80. The summed E-state index contributed by atoms with van der Waals surface area (Å²) >= 11 is 1.50. The molecular weight excluding hydrogens is 308 g/mol. The van der Waals surface area contributed by atoms with E-state index in [2.05, 4.69) is 4.90 Å². The molecule has 0 saturated carbocycles. The molecule has 0 aliphatic carbocycles. The Morgan fingerprint density at radius 1 is 1.09 bits per heavy atom. The van der Waals surface area contributed by atoms with Gasteiger partial charge >= 0.3 is 0 Å². The van der Waals surface area contributed by atoms with E-state index >= 15 is 0 Å². The average molecular weight is 330 g/mol. The zero-order valence-corrected chi connectivity index (χ0v) is 13.9. The number of benzene rings is 1. The normalized spacial score (nSPS) is 17.7. The lowest BCUT2D eigenvalue weighted by Crippen LogP contribution is -2.36. The van der Waals surface area contributed by atoms with Crippen LogP contribution in [0.4, 0.5) is 0 Å². The van der Waals surface area contributed by atoms with E-state index in [0.717, 1.165) is 43.0 Å². The maximum absolute atomic E-state index is 12.4. The van der Waals surface area contributed by atoms with Crippen molar-refractivity contribution >= 4 is 17.2 Å². The summed E-state index contributed by atoms with van der Waals surface area (Å²) in [7, 11) is 0. The van der Waals surface area contributed by atoms with Crippen molar-refractivity contribution in [3.05, 3.63) is 58.3 Å². The van der Waals surface area contributed by atoms with Gasteiger partial charge in [0.05, 0.1) is 11.0 Å². The Bertz CT molecular complexity index is 615. The Hall–Kier alpha value is -1.69. The lowest BCUT2D eigenvalue weighted by atomic mass is 10.1. The predicted molar refractivity (Wildman–Crippen MR) is 92.7 cm³/mol. The SMILES string of the molecule is O=C(c1cccs1)N1CCCN(CC(O)c2ccccc2)CC1. The van der Waals surface area contributed by atoms with Crippen molar-refractivity contribution in [3.63, 3.8) is 0 Å². The van der Waals surface area contributed by atoms with E-state index in [1.807, 2.05) is 52.7 Å². The topological polar surface area (TPSA) is 43.8 Å². The molecule has 1 N–H and O–H groups in total. The van der Waals surface area contributed by atoms with Gasteiger partial charge in [0.25, 0.3) is 5.91 Å². The number of β-amino-alcohol motifs (C(OH)–C–C–N with tert-alkyl or cyclic N) is 1. The van der Waals surface area contributed by atoms with Crippen molar-refractivity contribution in [1.29, 1.82) is 0 Å². The Kier molecular flexibility index (Phi) is 5.43. The Morgan fingerprint density at radius 2 is 1.91 bits per heavy atom. The van der Waals surface area contributed by atoms with Gasteiger partial charge in [-0.3, -0.25) is 9.69 Å². The van der Waals surface area contributed by atoms with Gasteiger partial charge in [-0.2, -0.15) is 0 Å². The molecule has 1 aromatic carbocycles. The van der Waals surface area contributed by atoms with Crippen molar-refractivity contribution in [2.24, 2.45) is 0 Å². The molecule has 0 bridgehead atoms. The zero-order valence-electron chi connectivity index (χ0n) is 13.1. The predicted octanol–water partition coefficient (Wildman–Crippen LogP) is 2.63. The van der Waals surface area contributed by atoms with Crippen LogP contribution < -0.4 is 0 Å². The maximum atomic E-state index is 12.4. The molecule has 1 atom stereocenters. The first kappa shape index (κ1) is 16.2. The minimum absolute atomic E-state index is 0.130. The molecule has 122 valence electrons. The Morgan fingerprint density at radius 3 is 2.65 bits per heavy atom. The van der Waals surface area contributed by atoms with Gasteiger partial charge in [0, 0.05) is 32.7 Å². The van der Waals surface area contributed by atoms with Crippen molar-refractivity contribution in [2.75, 3.05) is 32.7 Å². The van der Waals surface area contributed by atoms with E-state index in [0.29, 0.717) is 6.54 Å². The number of amides is 1. The quantitative estimate of drug-likeness (QED) is 0.937. The van der Waals surface area contributed by atoms with E-state index in [4.69, 9.17) is 0 Å². The molecule has 0 spiro atoms. The summed E-state index contributed by atoms with van der Waals surface area (Å²) in [5.74, 6) is 0.130. The number of thiophene rings is 1. The Labute approximate surface area is 141 Å². The summed E-state index contributed by atoms with van der Waals surface area (Å²) in [5, 5.41) is 12.3. The van der Waals surface area contributed by atoms with Gasteiger partial charge in [-0.15, -0.1) is 11.3 Å². The van der Waals surface area contributed by atoms with Gasteiger partial charge in [0.15, 0.2) is 0 Å². The van der Waals surface area contributed by atoms with Crippen LogP contribution in [0.1, 0.15) is 27.8 Å². The third-order valence-corrected chi connectivity index (χ3v) is 5.08. The smallest absolute Gasteiger partial charge is 0.263 e. The van der Waals surface area contributed by atoms with Crippen LogP contribution in [-0.4, -0.2) is 53.5 Å². The monoisotopic (exact) mass is 330 g/mol. The van der Waals surface area contributed by atoms with Crippen LogP contribution in [0.3, 0.4) is 0 Å². The van der Waals surface area contributed by atoms with Crippen LogP contribution in [0.15, 0.2) is 47.8 Å². The number of rotatable bonds is 4. The summed E-state index contributed by atoms with van der Waals surface area (Å²) in [4.78, 5) is 17.4.